The predicted molar refractivity (Wildman–Crippen MR) is 114 cm³/mol. The maximum atomic E-state index is 14.5. The molecule has 0 spiro atoms. The molecule has 0 saturated carbocycles. The number of alkyl halides is 3. The van der Waals surface area contributed by atoms with Gasteiger partial charge >= 0.3 is 12.2 Å². The topological polar surface area (TPSA) is 102 Å². The molecule has 0 aliphatic heterocycles. The van der Waals surface area contributed by atoms with Gasteiger partial charge in [-0.3, -0.25) is 14.6 Å². The van der Waals surface area contributed by atoms with Crippen LogP contribution in [0.4, 0.5) is 33.7 Å². The van der Waals surface area contributed by atoms with E-state index in [4.69, 9.17) is 16.3 Å². The van der Waals surface area contributed by atoms with Crippen molar-refractivity contribution in [1.82, 2.24) is 10.5 Å². The summed E-state index contributed by atoms with van der Waals surface area (Å²) in [6.07, 6.45) is -3.41. The summed E-state index contributed by atoms with van der Waals surface area (Å²) in [4.78, 5) is 32.2. The molecule has 3 rings (SSSR count). The standard InChI is InChI=1S/C21H15ClF4N4O4/c1-33-30-19(31)18-10-13(6-7-27-18)34-12-3-5-17(16(23)9-12)29-20(32)28-11-2-4-15(22)14(8-11)21(24,25)26/h2-10H,1H3,(H,30,31)(H2,28,29,32). The zero-order valence-corrected chi connectivity index (χ0v) is 17.9. The van der Waals surface area contributed by atoms with E-state index < -0.39 is 34.5 Å². The van der Waals surface area contributed by atoms with Crippen LogP contribution in [-0.4, -0.2) is 24.0 Å². The van der Waals surface area contributed by atoms with Crippen molar-refractivity contribution < 1.29 is 36.7 Å². The Labute approximate surface area is 194 Å². The number of carbonyl (C=O) groups excluding carboxylic acids is 2. The third kappa shape index (κ3) is 6.33. The van der Waals surface area contributed by atoms with Crippen LogP contribution in [0.25, 0.3) is 0 Å². The molecule has 178 valence electrons. The highest BCUT2D eigenvalue weighted by molar-refractivity contribution is 6.31. The van der Waals surface area contributed by atoms with Gasteiger partial charge in [0.25, 0.3) is 5.91 Å². The number of nitrogens with zero attached hydrogens (tertiary/aromatic N) is 1. The number of hydroxylamine groups is 1. The fraction of sp³-hybridized carbons (Fsp3) is 0.0952. The van der Waals surface area contributed by atoms with E-state index >= 15 is 0 Å². The number of nitrogens with one attached hydrogen (secondary N) is 3. The van der Waals surface area contributed by atoms with Crippen molar-refractivity contribution in [1.29, 1.82) is 0 Å². The summed E-state index contributed by atoms with van der Waals surface area (Å²) in [6, 6.07) is 8.04. The molecule has 34 heavy (non-hydrogen) atoms. The first kappa shape index (κ1) is 24.7. The van der Waals surface area contributed by atoms with Crippen molar-refractivity contribution in [3.63, 3.8) is 0 Å². The molecule has 3 N–H and O–H groups in total. The average Bonchev–Trinajstić information content (AvgIpc) is 2.76. The number of hydrogen-bond donors (Lipinski definition) is 3. The minimum atomic E-state index is -4.71. The number of aromatic nitrogens is 1. The van der Waals surface area contributed by atoms with Crippen LogP contribution < -0.4 is 20.9 Å². The summed E-state index contributed by atoms with van der Waals surface area (Å²) in [7, 11) is 1.26. The fourth-order valence-electron chi connectivity index (χ4n) is 2.65. The molecule has 0 bridgehead atoms. The predicted octanol–water partition coefficient (Wildman–Crippen LogP) is 5.62. The molecule has 0 atom stereocenters. The number of halogens is 5. The molecule has 0 aliphatic rings. The van der Waals surface area contributed by atoms with Gasteiger partial charge < -0.3 is 15.4 Å². The van der Waals surface area contributed by atoms with Crippen molar-refractivity contribution in [2.45, 2.75) is 6.18 Å². The minimum absolute atomic E-state index is 0.00865. The van der Waals surface area contributed by atoms with Crippen molar-refractivity contribution >= 4 is 34.9 Å². The number of rotatable bonds is 6. The Hall–Kier alpha value is -3.90. The van der Waals surface area contributed by atoms with Crippen LogP contribution in [-0.2, 0) is 11.0 Å². The first-order chi connectivity index (χ1) is 16.1. The summed E-state index contributed by atoms with van der Waals surface area (Å²) in [5.41, 5.74) is 0.504. The van der Waals surface area contributed by atoms with Crippen molar-refractivity contribution in [2.75, 3.05) is 17.7 Å². The van der Waals surface area contributed by atoms with Crippen LogP contribution in [0.5, 0.6) is 11.5 Å². The summed E-state index contributed by atoms with van der Waals surface area (Å²) < 4.78 is 58.8. The summed E-state index contributed by atoms with van der Waals surface area (Å²) >= 11 is 5.54. The SMILES string of the molecule is CONC(=O)c1cc(Oc2ccc(NC(=O)Nc3ccc(Cl)c(C(F)(F)F)c3)c(F)c2)ccn1. The van der Waals surface area contributed by atoms with E-state index in [9.17, 15) is 27.2 Å². The zero-order valence-electron chi connectivity index (χ0n) is 17.2. The number of ether oxygens (including phenoxy) is 1. The first-order valence-electron chi connectivity index (χ1n) is 9.28. The van der Waals surface area contributed by atoms with Gasteiger partial charge in [-0.25, -0.2) is 14.7 Å². The molecule has 0 radical (unpaired) electrons. The monoisotopic (exact) mass is 498 g/mol. The molecule has 1 heterocycles. The molecule has 0 fully saturated rings. The molecule has 0 unspecified atom stereocenters. The van der Waals surface area contributed by atoms with E-state index in [1.165, 1.54) is 43.6 Å². The normalized spacial score (nSPS) is 11.0. The van der Waals surface area contributed by atoms with Gasteiger partial charge in [0.15, 0.2) is 0 Å². The van der Waals surface area contributed by atoms with Crippen molar-refractivity contribution in [2.24, 2.45) is 0 Å². The Morgan fingerprint density at radius 2 is 1.74 bits per heavy atom. The van der Waals surface area contributed by atoms with Crippen molar-refractivity contribution in [3.8, 4) is 11.5 Å². The van der Waals surface area contributed by atoms with Gasteiger partial charge in [-0.05, 0) is 36.4 Å². The zero-order chi connectivity index (χ0) is 24.9. The number of pyridine rings is 1. The molecule has 3 amide bonds. The van der Waals surface area contributed by atoms with E-state index in [1.54, 1.807) is 0 Å². The van der Waals surface area contributed by atoms with E-state index in [0.717, 1.165) is 12.1 Å². The Morgan fingerprint density at radius 3 is 2.41 bits per heavy atom. The van der Waals surface area contributed by atoms with Crippen LogP contribution in [0, 0.1) is 5.82 Å². The van der Waals surface area contributed by atoms with Gasteiger partial charge in [0.2, 0.25) is 0 Å². The number of benzene rings is 2. The van der Waals surface area contributed by atoms with E-state index in [2.05, 4.69) is 25.9 Å². The maximum Gasteiger partial charge on any atom is 0.417 e. The maximum absolute atomic E-state index is 14.5. The number of amides is 3. The molecule has 2 aromatic carbocycles. The van der Waals surface area contributed by atoms with Crippen LogP contribution >= 0.6 is 11.6 Å². The number of hydrogen-bond acceptors (Lipinski definition) is 5. The fourth-order valence-corrected chi connectivity index (χ4v) is 2.87. The lowest BCUT2D eigenvalue weighted by atomic mass is 10.2. The number of anilines is 2. The van der Waals surface area contributed by atoms with Crippen molar-refractivity contribution in [3.05, 3.63) is 76.8 Å². The highest BCUT2D eigenvalue weighted by Crippen LogP contribution is 2.36. The number of carbonyl (C=O) groups is 2. The van der Waals surface area contributed by atoms with Gasteiger partial charge in [-0.1, -0.05) is 11.6 Å². The third-order valence-corrected chi connectivity index (χ3v) is 4.44. The minimum Gasteiger partial charge on any atom is -0.457 e. The van der Waals surface area contributed by atoms with Crippen LogP contribution in [0.2, 0.25) is 5.02 Å². The first-order valence-corrected chi connectivity index (χ1v) is 9.66. The molecule has 0 saturated heterocycles. The quantitative estimate of drug-likeness (QED) is 0.302. The van der Waals surface area contributed by atoms with E-state index in [1.807, 2.05) is 0 Å². The molecule has 13 heteroatoms. The Balaban J connectivity index is 1.67. The molecule has 1 aromatic heterocycles. The second-order valence-corrected chi connectivity index (χ2v) is 6.93. The lowest BCUT2D eigenvalue weighted by Gasteiger charge is -2.13. The second kappa shape index (κ2) is 10.4. The molecule has 0 aliphatic carbocycles. The Morgan fingerprint density at radius 1 is 1.00 bits per heavy atom. The Kier molecular flexibility index (Phi) is 7.54. The summed E-state index contributed by atoms with van der Waals surface area (Å²) in [5.74, 6) is -1.28. The summed E-state index contributed by atoms with van der Waals surface area (Å²) in [5, 5.41) is 3.84. The highest BCUT2D eigenvalue weighted by Gasteiger charge is 2.33. The molecule has 8 nitrogen and oxygen atoms in total. The molecular weight excluding hydrogens is 484 g/mol. The number of urea groups is 1. The van der Waals surface area contributed by atoms with Gasteiger partial charge in [0.1, 0.15) is 23.0 Å². The van der Waals surface area contributed by atoms with Gasteiger partial charge in [0, 0.05) is 24.0 Å². The highest BCUT2D eigenvalue weighted by atomic mass is 35.5. The lowest BCUT2D eigenvalue weighted by molar-refractivity contribution is -0.137. The summed E-state index contributed by atoms with van der Waals surface area (Å²) in [6.45, 7) is 0. The van der Waals surface area contributed by atoms with Crippen LogP contribution in [0.1, 0.15) is 16.1 Å². The van der Waals surface area contributed by atoms with E-state index in [0.29, 0.717) is 6.07 Å². The molecular formula is C21H15ClF4N4O4. The van der Waals surface area contributed by atoms with Crippen LogP contribution in [0.3, 0.4) is 0 Å². The average molecular weight is 499 g/mol. The largest absolute Gasteiger partial charge is 0.457 e. The van der Waals surface area contributed by atoms with Gasteiger partial charge in [-0.15, -0.1) is 0 Å². The third-order valence-electron chi connectivity index (χ3n) is 4.11. The van der Waals surface area contributed by atoms with E-state index in [-0.39, 0.29) is 28.6 Å². The smallest absolute Gasteiger partial charge is 0.417 e. The Bertz CT molecular complexity index is 1220. The van der Waals surface area contributed by atoms with Gasteiger partial charge in [-0.2, -0.15) is 13.2 Å². The second-order valence-electron chi connectivity index (χ2n) is 6.53. The van der Waals surface area contributed by atoms with Gasteiger partial charge in [0.05, 0.1) is 23.4 Å². The molecule has 3 aromatic rings. The van der Waals surface area contributed by atoms with Crippen LogP contribution in [0.15, 0.2) is 54.7 Å². The lowest BCUT2D eigenvalue weighted by Crippen LogP contribution is -2.22.